The molecule has 1 amide bonds. The summed E-state index contributed by atoms with van der Waals surface area (Å²) in [5.74, 6) is -0.259. The molecule has 2 aromatic carbocycles. The number of amides is 1. The standard InChI is InChI=1S/C14H10N2O2/c15-12-5-7-13(8-6-12)16-14(18)11-3-1-10(9-17)2-4-11/h1-8,15H,(H,16,18). The minimum atomic E-state index is -0.259. The molecule has 88 valence electrons. The molecule has 2 radical (unpaired) electrons. The fourth-order valence-electron chi connectivity index (χ4n) is 1.45. The van der Waals surface area contributed by atoms with Crippen molar-refractivity contribution in [2.24, 2.45) is 0 Å². The Hall–Kier alpha value is -2.62. The molecule has 0 aliphatic heterocycles. The van der Waals surface area contributed by atoms with E-state index in [-0.39, 0.29) is 5.91 Å². The van der Waals surface area contributed by atoms with Crippen molar-refractivity contribution in [2.45, 2.75) is 0 Å². The molecular weight excluding hydrogens is 228 g/mol. The van der Waals surface area contributed by atoms with Crippen LogP contribution in [0, 0.1) is 0 Å². The van der Waals surface area contributed by atoms with E-state index < -0.39 is 0 Å². The van der Waals surface area contributed by atoms with E-state index in [0.717, 1.165) is 0 Å². The quantitative estimate of drug-likeness (QED) is 0.891. The van der Waals surface area contributed by atoms with Gasteiger partial charge in [-0.15, -0.1) is 0 Å². The van der Waals surface area contributed by atoms with Crippen LogP contribution < -0.4 is 11.1 Å². The largest absolute Gasteiger partial charge is 0.322 e. The molecule has 0 spiro atoms. The molecule has 0 aliphatic carbocycles. The summed E-state index contributed by atoms with van der Waals surface area (Å²) in [6.45, 7) is 0. The molecule has 2 N–H and O–H groups in total. The normalized spacial score (nSPS) is 9.78. The van der Waals surface area contributed by atoms with E-state index in [0.29, 0.717) is 22.5 Å². The first-order chi connectivity index (χ1) is 8.69. The van der Waals surface area contributed by atoms with Crippen molar-refractivity contribution in [1.82, 2.24) is 5.73 Å². The smallest absolute Gasteiger partial charge is 0.255 e. The van der Waals surface area contributed by atoms with E-state index in [1.165, 1.54) is 12.1 Å². The van der Waals surface area contributed by atoms with Crippen LogP contribution in [0.1, 0.15) is 15.9 Å². The summed E-state index contributed by atoms with van der Waals surface area (Å²) in [5, 5.41) is 2.70. The summed E-state index contributed by atoms with van der Waals surface area (Å²) in [6, 6.07) is 12.7. The molecule has 0 saturated carbocycles. The van der Waals surface area contributed by atoms with Gasteiger partial charge in [-0.3, -0.25) is 9.59 Å². The number of carbonyl (C=O) groups excluding carboxylic acids is 2. The van der Waals surface area contributed by atoms with Crippen LogP contribution in [0.3, 0.4) is 0 Å². The molecule has 2 rings (SSSR count). The molecular formula is C14H10N2O2. The second kappa shape index (κ2) is 5.14. The Balaban J connectivity index is 2.11. The van der Waals surface area contributed by atoms with Crippen LogP contribution in [-0.2, 0) is 4.79 Å². The number of anilines is 1. The zero-order valence-electron chi connectivity index (χ0n) is 9.44. The van der Waals surface area contributed by atoms with Gasteiger partial charge in [-0.05, 0) is 36.4 Å². The van der Waals surface area contributed by atoms with Crippen molar-refractivity contribution in [3.8, 4) is 0 Å². The third kappa shape index (κ3) is 2.74. The number of rotatable bonds is 3. The maximum atomic E-state index is 11.8. The lowest BCUT2D eigenvalue weighted by molar-refractivity contribution is 0.102. The Kier molecular flexibility index (Phi) is 3.38. The summed E-state index contributed by atoms with van der Waals surface area (Å²) in [5.41, 5.74) is 9.22. The zero-order chi connectivity index (χ0) is 13.0. The van der Waals surface area contributed by atoms with Gasteiger partial charge < -0.3 is 11.1 Å². The lowest BCUT2D eigenvalue weighted by Crippen LogP contribution is -2.11. The second-order valence-corrected chi connectivity index (χ2v) is 3.71. The Morgan fingerprint density at radius 2 is 1.61 bits per heavy atom. The molecule has 18 heavy (non-hydrogen) atoms. The molecule has 4 heteroatoms. The third-order valence-electron chi connectivity index (χ3n) is 2.41. The van der Waals surface area contributed by atoms with Gasteiger partial charge in [0, 0.05) is 16.8 Å². The van der Waals surface area contributed by atoms with Gasteiger partial charge in [0.05, 0.1) is 5.69 Å². The van der Waals surface area contributed by atoms with Gasteiger partial charge in [-0.1, -0.05) is 12.1 Å². The summed E-state index contributed by atoms with van der Waals surface area (Å²) in [7, 11) is 0. The van der Waals surface area contributed by atoms with E-state index in [2.05, 4.69) is 5.32 Å². The zero-order valence-corrected chi connectivity index (χ0v) is 9.44. The molecule has 0 fully saturated rings. The van der Waals surface area contributed by atoms with E-state index in [1.807, 2.05) is 0 Å². The number of hydrogen-bond acceptors (Lipinski definition) is 2. The Bertz CT molecular complexity index is 559. The van der Waals surface area contributed by atoms with Crippen LogP contribution in [-0.4, -0.2) is 12.2 Å². The molecule has 0 aromatic heterocycles. The number of nitrogens with one attached hydrogen (secondary N) is 2. The van der Waals surface area contributed by atoms with Crippen molar-refractivity contribution in [1.29, 1.82) is 0 Å². The van der Waals surface area contributed by atoms with Crippen LogP contribution in [0.15, 0.2) is 48.5 Å². The Labute approximate surface area is 104 Å². The predicted molar refractivity (Wildman–Crippen MR) is 68.4 cm³/mol. The van der Waals surface area contributed by atoms with E-state index >= 15 is 0 Å². The maximum Gasteiger partial charge on any atom is 0.255 e. The first-order valence-electron chi connectivity index (χ1n) is 5.30. The van der Waals surface area contributed by atoms with Crippen LogP contribution >= 0.6 is 0 Å². The van der Waals surface area contributed by atoms with Gasteiger partial charge in [-0.25, -0.2) is 0 Å². The number of carbonyl (C=O) groups is 1. The molecule has 0 heterocycles. The van der Waals surface area contributed by atoms with Crippen molar-refractivity contribution in [3.05, 3.63) is 59.7 Å². The predicted octanol–water partition coefficient (Wildman–Crippen LogP) is 2.31. The van der Waals surface area contributed by atoms with Crippen LogP contribution in [0.4, 0.5) is 11.4 Å². The van der Waals surface area contributed by atoms with E-state index in [9.17, 15) is 9.59 Å². The van der Waals surface area contributed by atoms with Crippen LogP contribution in [0.5, 0.6) is 0 Å². The SMILES string of the molecule is [NH]c1ccc(NC(=O)c2ccc([C]=O)cc2)cc1. The number of hydrogen-bond donors (Lipinski definition) is 1. The van der Waals surface area contributed by atoms with E-state index in [4.69, 9.17) is 5.73 Å². The molecule has 0 atom stereocenters. The first kappa shape index (κ1) is 11.9. The van der Waals surface area contributed by atoms with Crippen molar-refractivity contribution in [3.63, 3.8) is 0 Å². The van der Waals surface area contributed by atoms with Gasteiger partial charge in [-0.2, -0.15) is 0 Å². The minimum Gasteiger partial charge on any atom is -0.322 e. The highest BCUT2D eigenvalue weighted by molar-refractivity contribution is 6.04. The molecule has 4 nitrogen and oxygen atoms in total. The molecule has 0 unspecified atom stereocenters. The van der Waals surface area contributed by atoms with Crippen molar-refractivity contribution >= 4 is 23.6 Å². The fraction of sp³-hybridized carbons (Fsp3) is 0. The van der Waals surface area contributed by atoms with Crippen molar-refractivity contribution < 1.29 is 9.59 Å². The van der Waals surface area contributed by atoms with Gasteiger partial charge in [0.1, 0.15) is 0 Å². The highest BCUT2D eigenvalue weighted by atomic mass is 16.1. The van der Waals surface area contributed by atoms with Crippen molar-refractivity contribution in [2.75, 3.05) is 5.32 Å². The topological polar surface area (TPSA) is 70.0 Å². The van der Waals surface area contributed by atoms with E-state index in [1.54, 1.807) is 42.7 Å². The Morgan fingerprint density at radius 3 is 2.17 bits per heavy atom. The average Bonchev–Trinajstić information content (AvgIpc) is 2.41. The van der Waals surface area contributed by atoms with Crippen LogP contribution in [0.25, 0.3) is 0 Å². The highest BCUT2D eigenvalue weighted by Crippen LogP contribution is 2.13. The van der Waals surface area contributed by atoms with Gasteiger partial charge in [0.25, 0.3) is 5.91 Å². The average molecular weight is 238 g/mol. The second-order valence-electron chi connectivity index (χ2n) is 3.71. The number of benzene rings is 2. The minimum absolute atomic E-state index is 0.259. The fourth-order valence-corrected chi connectivity index (χ4v) is 1.45. The lowest BCUT2D eigenvalue weighted by Gasteiger charge is -2.05. The van der Waals surface area contributed by atoms with Gasteiger partial charge in [0.15, 0.2) is 0 Å². The molecule has 2 aromatic rings. The third-order valence-corrected chi connectivity index (χ3v) is 2.41. The summed E-state index contributed by atoms with van der Waals surface area (Å²) in [6.07, 6.45) is 1.75. The maximum absolute atomic E-state index is 11.8. The first-order valence-corrected chi connectivity index (χ1v) is 5.30. The lowest BCUT2D eigenvalue weighted by atomic mass is 10.1. The molecule has 0 bridgehead atoms. The Morgan fingerprint density at radius 1 is 1.00 bits per heavy atom. The molecule has 0 aliphatic rings. The van der Waals surface area contributed by atoms with Crippen LogP contribution in [0.2, 0.25) is 0 Å². The summed E-state index contributed by atoms with van der Waals surface area (Å²) < 4.78 is 0. The van der Waals surface area contributed by atoms with Gasteiger partial charge in [0.2, 0.25) is 6.29 Å². The molecule has 0 saturated heterocycles. The van der Waals surface area contributed by atoms with Gasteiger partial charge >= 0.3 is 0 Å². The summed E-state index contributed by atoms with van der Waals surface area (Å²) >= 11 is 0. The monoisotopic (exact) mass is 238 g/mol. The highest BCUT2D eigenvalue weighted by Gasteiger charge is 2.05. The summed E-state index contributed by atoms with van der Waals surface area (Å²) in [4.78, 5) is 22.2.